The van der Waals surface area contributed by atoms with E-state index in [1.54, 1.807) is 29.3 Å². The molecule has 1 aliphatic heterocycles. The Balaban J connectivity index is 1.95. The molecule has 33 heavy (non-hydrogen) atoms. The van der Waals surface area contributed by atoms with Crippen molar-refractivity contribution >= 4 is 29.1 Å². The molecular formula is C24H27N5O3S. The second-order valence-corrected chi connectivity index (χ2v) is 9.11. The number of nitrogens with zero attached hydrogens (tertiary/aromatic N) is 5. The van der Waals surface area contributed by atoms with E-state index >= 15 is 0 Å². The van der Waals surface area contributed by atoms with E-state index in [4.69, 9.17) is 4.74 Å². The number of ether oxygens (including phenoxy) is 1. The van der Waals surface area contributed by atoms with Crippen LogP contribution in [0.5, 0.6) is 0 Å². The van der Waals surface area contributed by atoms with Crippen LogP contribution < -0.4 is 19.8 Å². The smallest absolute Gasteiger partial charge is 0.338 e. The third-order valence-corrected chi connectivity index (χ3v) is 6.79. The maximum absolute atomic E-state index is 13.6. The predicted molar refractivity (Wildman–Crippen MR) is 129 cm³/mol. The minimum Gasteiger partial charge on any atom is -0.463 e. The fourth-order valence-corrected chi connectivity index (χ4v) is 4.90. The van der Waals surface area contributed by atoms with Gasteiger partial charge in [-0.15, -0.1) is 0 Å². The lowest BCUT2D eigenvalue weighted by molar-refractivity contribution is -0.139. The van der Waals surface area contributed by atoms with Gasteiger partial charge >= 0.3 is 5.97 Å². The SMILES string of the molecule is CCOC(=O)C1=C(C)N=c2sc(=Cc3cnn(C)c3C)c(=O)n2[C@@H]1c1ccc(N(C)C)cc1. The van der Waals surface area contributed by atoms with E-state index in [2.05, 4.69) is 10.1 Å². The second kappa shape index (κ2) is 8.82. The first-order chi connectivity index (χ1) is 15.7. The number of aryl methyl sites for hydroxylation is 1. The molecule has 0 unspecified atom stereocenters. The molecule has 3 heterocycles. The van der Waals surface area contributed by atoms with Gasteiger partial charge in [0, 0.05) is 38.1 Å². The van der Waals surface area contributed by atoms with Crippen LogP contribution in [-0.4, -0.2) is 41.0 Å². The van der Waals surface area contributed by atoms with Gasteiger partial charge < -0.3 is 9.64 Å². The highest BCUT2D eigenvalue weighted by molar-refractivity contribution is 7.07. The normalized spacial score (nSPS) is 15.9. The molecule has 0 radical (unpaired) electrons. The quantitative estimate of drug-likeness (QED) is 0.538. The van der Waals surface area contributed by atoms with Crippen LogP contribution in [0.3, 0.4) is 0 Å². The summed E-state index contributed by atoms with van der Waals surface area (Å²) in [6.45, 7) is 5.75. The molecule has 0 saturated heterocycles. The summed E-state index contributed by atoms with van der Waals surface area (Å²) in [5.74, 6) is -0.460. The molecule has 0 aliphatic carbocycles. The Labute approximate surface area is 195 Å². The van der Waals surface area contributed by atoms with Crippen molar-refractivity contribution in [2.24, 2.45) is 12.0 Å². The molecule has 0 bridgehead atoms. The Morgan fingerprint density at radius 1 is 1.24 bits per heavy atom. The van der Waals surface area contributed by atoms with Gasteiger partial charge in [0.25, 0.3) is 5.56 Å². The van der Waals surface area contributed by atoms with E-state index in [9.17, 15) is 9.59 Å². The van der Waals surface area contributed by atoms with Gasteiger partial charge in [-0.25, -0.2) is 9.79 Å². The number of carbonyl (C=O) groups is 1. The van der Waals surface area contributed by atoms with E-state index in [1.807, 2.05) is 63.3 Å². The van der Waals surface area contributed by atoms with Gasteiger partial charge in [-0.2, -0.15) is 5.10 Å². The number of anilines is 1. The molecule has 1 atom stereocenters. The number of benzene rings is 1. The van der Waals surface area contributed by atoms with Crippen molar-refractivity contribution in [3.8, 4) is 0 Å². The van der Waals surface area contributed by atoms with E-state index < -0.39 is 12.0 Å². The Morgan fingerprint density at radius 3 is 2.52 bits per heavy atom. The first-order valence-corrected chi connectivity index (χ1v) is 11.5. The maximum atomic E-state index is 13.6. The molecule has 4 rings (SSSR count). The summed E-state index contributed by atoms with van der Waals surface area (Å²) >= 11 is 1.31. The molecule has 2 aromatic heterocycles. The van der Waals surface area contributed by atoms with Crippen LogP contribution in [0.2, 0.25) is 0 Å². The average molecular weight is 466 g/mol. The standard InChI is InChI=1S/C24H27N5O3S/c1-7-32-23(31)20-14(2)26-24-29(21(20)16-8-10-18(11-9-16)27(4)5)22(30)19(33-24)12-17-13-25-28(6)15(17)3/h8-13,21H,7H2,1-6H3/t21-/m1/s1. The van der Waals surface area contributed by atoms with Gasteiger partial charge in [0.1, 0.15) is 0 Å². The van der Waals surface area contributed by atoms with Crippen molar-refractivity contribution in [3.63, 3.8) is 0 Å². The van der Waals surface area contributed by atoms with E-state index in [-0.39, 0.29) is 12.2 Å². The lowest BCUT2D eigenvalue weighted by Crippen LogP contribution is -2.40. The zero-order chi connectivity index (χ0) is 23.9. The highest BCUT2D eigenvalue weighted by atomic mass is 32.1. The van der Waals surface area contributed by atoms with Crippen molar-refractivity contribution in [2.45, 2.75) is 26.8 Å². The Hall–Kier alpha value is -3.46. The molecule has 0 amide bonds. The molecular weight excluding hydrogens is 438 g/mol. The number of aromatic nitrogens is 3. The largest absolute Gasteiger partial charge is 0.463 e. The number of carbonyl (C=O) groups excluding carboxylic acids is 1. The maximum Gasteiger partial charge on any atom is 0.338 e. The lowest BCUT2D eigenvalue weighted by Gasteiger charge is -2.25. The van der Waals surface area contributed by atoms with Crippen LogP contribution in [0.4, 0.5) is 5.69 Å². The third-order valence-electron chi connectivity index (χ3n) is 5.80. The molecule has 3 aromatic rings. The summed E-state index contributed by atoms with van der Waals surface area (Å²) in [7, 11) is 5.79. The summed E-state index contributed by atoms with van der Waals surface area (Å²) in [4.78, 5) is 33.7. The average Bonchev–Trinajstić information content (AvgIpc) is 3.26. The first-order valence-electron chi connectivity index (χ1n) is 10.7. The fourth-order valence-electron chi connectivity index (χ4n) is 3.86. The Morgan fingerprint density at radius 2 is 1.94 bits per heavy atom. The Bertz CT molecular complexity index is 1420. The topological polar surface area (TPSA) is 81.7 Å². The van der Waals surface area contributed by atoms with Crippen molar-refractivity contribution in [3.05, 3.63) is 78.2 Å². The number of hydrogen-bond donors (Lipinski definition) is 0. The minimum absolute atomic E-state index is 0.196. The van der Waals surface area contributed by atoms with Gasteiger partial charge in [-0.3, -0.25) is 14.0 Å². The summed E-state index contributed by atoms with van der Waals surface area (Å²) in [5, 5.41) is 4.26. The molecule has 1 aliphatic rings. The highest BCUT2D eigenvalue weighted by Gasteiger charge is 2.33. The van der Waals surface area contributed by atoms with Gasteiger partial charge in [0.15, 0.2) is 4.80 Å². The number of hydrogen-bond acceptors (Lipinski definition) is 7. The van der Waals surface area contributed by atoms with E-state index in [1.165, 1.54) is 11.3 Å². The highest BCUT2D eigenvalue weighted by Crippen LogP contribution is 2.31. The molecule has 0 fully saturated rings. The number of esters is 1. The monoisotopic (exact) mass is 465 g/mol. The van der Waals surface area contributed by atoms with Crippen molar-refractivity contribution in [2.75, 3.05) is 25.6 Å². The predicted octanol–water partition coefficient (Wildman–Crippen LogP) is 1.91. The lowest BCUT2D eigenvalue weighted by atomic mass is 9.95. The molecule has 8 nitrogen and oxygen atoms in total. The van der Waals surface area contributed by atoms with Crippen LogP contribution in [0.25, 0.3) is 6.08 Å². The second-order valence-electron chi connectivity index (χ2n) is 8.10. The number of allylic oxidation sites excluding steroid dienone is 1. The summed E-state index contributed by atoms with van der Waals surface area (Å²) < 4.78 is 9.25. The zero-order valence-electron chi connectivity index (χ0n) is 19.6. The molecule has 1 aromatic carbocycles. The molecule has 172 valence electrons. The summed E-state index contributed by atoms with van der Waals surface area (Å²) in [6.07, 6.45) is 3.57. The van der Waals surface area contributed by atoms with Gasteiger partial charge in [-0.1, -0.05) is 23.5 Å². The van der Waals surface area contributed by atoms with E-state index in [0.717, 1.165) is 22.5 Å². The van der Waals surface area contributed by atoms with Crippen LogP contribution in [0.1, 0.15) is 36.7 Å². The van der Waals surface area contributed by atoms with Crippen molar-refractivity contribution in [1.29, 1.82) is 0 Å². The van der Waals surface area contributed by atoms with Crippen molar-refractivity contribution in [1.82, 2.24) is 14.3 Å². The number of rotatable bonds is 5. The van der Waals surface area contributed by atoms with Crippen LogP contribution in [-0.2, 0) is 16.6 Å². The van der Waals surface area contributed by atoms with Gasteiger partial charge in [0.05, 0.1) is 34.6 Å². The number of thiazole rings is 1. The van der Waals surface area contributed by atoms with Crippen molar-refractivity contribution < 1.29 is 9.53 Å². The van der Waals surface area contributed by atoms with Crippen LogP contribution in [0, 0.1) is 6.92 Å². The molecule has 0 N–H and O–H groups in total. The van der Waals surface area contributed by atoms with Crippen LogP contribution in [0.15, 0.2) is 51.5 Å². The fraction of sp³-hybridized carbons (Fsp3) is 0.333. The number of fused-ring (bicyclic) bond motifs is 1. The summed E-state index contributed by atoms with van der Waals surface area (Å²) in [6, 6.07) is 7.22. The minimum atomic E-state index is -0.617. The molecule has 0 spiro atoms. The van der Waals surface area contributed by atoms with Gasteiger partial charge in [-0.05, 0) is 44.5 Å². The van der Waals surface area contributed by atoms with Gasteiger partial charge in [0.2, 0.25) is 0 Å². The summed E-state index contributed by atoms with van der Waals surface area (Å²) in [5.41, 5.74) is 4.42. The first kappa shape index (κ1) is 22.7. The Kier molecular flexibility index (Phi) is 6.07. The zero-order valence-corrected chi connectivity index (χ0v) is 20.4. The van der Waals surface area contributed by atoms with Crippen LogP contribution >= 0.6 is 11.3 Å². The molecule has 0 saturated carbocycles. The third kappa shape index (κ3) is 4.04. The van der Waals surface area contributed by atoms with E-state index in [0.29, 0.717) is 20.6 Å². The molecule has 9 heteroatoms.